The fourth-order valence-corrected chi connectivity index (χ4v) is 1.51. The summed E-state index contributed by atoms with van der Waals surface area (Å²) in [6.07, 6.45) is 0.986. The Kier molecular flexibility index (Phi) is 6.84. The van der Waals surface area contributed by atoms with Gasteiger partial charge in [0.2, 0.25) is 0 Å². The third-order valence-electron chi connectivity index (χ3n) is 2.80. The first-order valence-electron chi connectivity index (χ1n) is 6.03. The monoisotopic (exact) mass is 230 g/mol. The first-order valence-corrected chi connectivity index (χ1v) is 6.03. The number of Topliss-reactive ketones (excluding diaryl/α,β-unsaturated/α-hetero) is 1. The molecule has 0 aromatic carbocycles. The van der Waals surface area contributed by atoms with E-state index in [9.17, 15) is 4.79 Å². The van der Waals surface area contributed by atoms with Gasteiger partial charge in [-0.2, -0.15) is 0 Å². The van der Waals surface area contributed by atoms with Crippen LogP contribution in [-0.4, -0.2) is 31.2 Å². The van der Waals surface area contributed by atoms with Crippen LogP contribution in [0.2, 0.25) is 0 Å². The van der Waals surface area contributed by atoms with Crippen LogP contribution in [0.1, 0.15) is 47.5 Å². The standard InChI is InChI=1S/C13H26O3/c1-7-16-12(10(2)3)11(14)8-9-13(4,5)15-6/h10,12H,7-9H2,1-6H3. The highest BCUT2D eigenvalue weighted by Crippen LogP contribution is 2.18. The number of ether oxygens (including phenoxy) is 2. The summed E-state index contributed by atoms with van der Waals surface area (Å²) in [5.41, 5.74) is -0.233. The average molecular weight is 230 g/mol. The lowest BCUT2D eigenvalue weighted by Gasteiger charge is -2.24. The van der Waals surface area contributed by atoms with Gasteiger partial charge in [0.05, 0.1) is 5.60 Å². The molecular formula is C13H26O3. The molecule has 0 spiro atoms. The first-order chi connectivity index (χ1) is 7.34. The van der Waals surface area contributed by atoms with Crippen LogP contribution in [0.25, 0.3) is 0 Å². The number of ketones is 1. The van der Waals surface area contributed by atoms with E-state index in [1.807, 2.05) is 34.6 Å². The Morgan fingerprint density at radius 2 is 1.88 bits per heavy atom. The van der Waals surface area contributed by atoms with Crippen molar-refractivity contribution in [3.05, 3.63) is 0 Å². The Labute approximate surface area is 99.5 Å². The lowest BCUT2D eigenvalue weighted by molar-refractivity contribution is -0.134. The fourth-order valence-electron chi connectivity index (χ4n) is 1.51. The molecule has 96 valence electrons. The van der Waals surface area contributed by atoms with Crippen LogP contribution in [0, 0.1) is 5.92 Å². The molecule has 0 aromatic rings. The van der Waals surface area contributed by atoms with E-state index in [4.69, 9.17) is 9.47 Å². The molecule has 0 heterocycles. The second-order valence-corrected chi connectivity index (χ2v) is 5.05. The van der Waals surface area contributed by atoms with Gasteiger partial charge in [-0.3, -0.25) is 4.79 Å². The van der Waals surface area contributed by atoms with E-state index in [0.29, 0.717) is 13.0 Å². The van der Waals surface area contributed by atoms with Crippen LogP contribution < -0.4 is 0 Å². The maximum Gasteiger partial charge on any atom is 0.161 e. The van der Waals surface area contributed by atoms with Gasteiger partial charge in [0.25, 0.3) is 0 Å². The van der Waals surface area contributed by atoms with Crippen LogP contribution in [0.3, 0.4) is 0 Å². The van der Waals surface area contributed by atoms with Crippen molar-refractivity contribution >= 4 is 5.78 Å². The maximum atomic E-state index is 12.0. The van der Waals surface area contributed by atoms with Crippen molar-refractivity contribution < 1.29 is 14.3 Å². The second-order valence-electron chi connectivity index (χ2n) is 5.05. The second kappa shape index (κ2) is 7.02. The molecule has 3 nitrogen and oxygen atoms in total. The van der Waals surface area contributed by atoms with Crippen LogP contribution >= 0.6 is 0 Å². The van der Waals surface area contributed by atoms with E-state index >= 15 is 0 Å². The van der Waals surface area contributed by atoms with E-state index in [0.717, 1.165) is 6.42 Å². The molecule has 0 N–H and O–H groups in total. The van der Waals surface area contributed by atoms with Crippen molar-refractivity contribution in [1.29, 1.82) is 0 Å². The van der Waals surface area contributed by atoms with Crippen molar-refractivity contribution in [2.24, 2.45) is 5.92 Å². The number of carbonyl (C=O) groups is 1. The van der Waals surface area contributed by atoms with Crippen molar-refractivity contribution in [2.45, 2.75) is 59.2 Å². The van der Waals surface area contributed by atoms with Crippen molar-refractivity contribution in [2.75, 3.05) is 13.7 Å². The number of carbonyl (C=O) groups excluding carboxylic acids is 1. The minimum absolute atomic E-state index is 0.182. The Morgan fingerprint density at radius 3 is 2.25 bits per heavy atom. The van der Waals surface area contributed by atoms with Crippen molar-refractivity contribution in [1.82, 2.24) is 0 Å². The van der Waals surface area contributed by atoms with Crippen molar-refractivity contribution in [3.8, 4) is 0 Å². The number of hydrogen-bond acceptors (Lipinski definition) is 3. The highest BCUT2D eigenvalue weighted by atomic mass is 16.5. The quantitative estimate of drug-likeness (QED) is 0.643. The molecule has 0 radical (unpaired) electrons. The number of rotatable bonds is 8. The summed E-state index contributed by atoms with van der Waals surface area (Å²) in [6, 6.07) is 0. The summed E-state index contributed by atoms with van der Waals surface area (Å²) in [4.78, 5) is 12.0. The average Bonchev–Trinajstić information content (AvgIpc) is 2.22. The molecule has 16 heavy (non-hydrogen) atoms. The zero-order valence-electron chi connectivity index (χ0n) is 11.5. The van der Waals surface area contributed by atoms with Gasteiger partial charge in [-0.15, -0.1) is 0 Å². The summed E-state index contributed by atoms with van der Waals surface area (Å²) in [5, 5.41) is 0. The summed E-state index contributed by atoms with van der Waals surface area (Å²) in [5.74, 6) is 0.417. The molecule has 0 amide bonds. The smallest absolute Gasteiger partial charge is 0.161 e. The molecule has 0 aliphatic rings. The van der Waals surface area contributed by atoms with E-state index in [1.54, 1.807) is 7.11 Å². The molecule has 1 atom stereocenters. The molecule has 0 aliphatic heterocycles. The van der Waals surface area contributed by atoms with Gasteiger partial charge in [0.1, 0.15) is 6.10 Å². The Balaban J connectivity index is 4.21. The third-order valence-corrected chi connectivity index (χ3v) is 2.80. The predicted molar refractivity (Wildman–Crippen MR) is 65.6 cm³/mol. The van der Waals surface area contributed by atoms with E-state index in [1.165, 1.54) is 0 Å². The third kappa shape index (κ3) is 5.61. The molecule has 0 aliphatic carbocycles. The van der Waals surface area contributed by atoms with Gasteiger partial charge in [-0.05, 0) is 33.1 Å². The predicted octanol–water partition coefficient (Wildman–Crippen LogP) is 2.82. The van der Waals surface area contributed by atoms with E-state index in [2.05, 4.69) is 0 Å². The van der Waals surface area contributed by atoms with Gasteiger partial charge in [-0.1, -0.05) is 13.8 Å². The summed E-state index contributed by atoms with van der Waals surface area (Å²) >= 11 is 0. The van der Waals surface area contributed by atoms with Crippen LogP contribution in [0.4, 0.5) is 0 Å². The lowest BCUT2D eigenvalue weighted by atomic mass is 9.95. The summed E-state index contributed by atoms with van der Waals surface area (Å²) in [7, 11) is 1.67. The molecule has 1 unspecified atom stereocenters. The Bertz CT molecular complexity index is 209. The largest absolute Gasteiger partial charge is 0.379 e. The van der Waals surface area contributed by atoms with Gasteiger partial charge >= 0.3 is 0 Å². The SMILES string of the molecule is CCOC(C(=O)CCC(C)(C)OC)C(C)C. The Morgan fingerprint density at radius 1 is 1.31 bits per heavy atom. The van der Waals surface area contributed by atoms with Gasteiger partial charge in [-0.25, -0.2) is 0 Å². The van der Waals surface area contributed by atoms with Crippen molar-refractivity contribution in [3.63, 3.8) is 0 Å². The van der Waals surface area contributed by atoms with Gasteiger partial charge < -0.3 is 9.47 Å². The number of hydrogen-bond donors (Lipinski definition) is 0. The van der Waals surface area contributed by atoms with Crippen LogP contribution in [0.15, 0.2) is 0 Å². The minimum atomic E-state index is -0.266. The molecular weight excluding hydrogens is 204 g/mol. The zero-order valence-corrected chi connectivity index (χ0v) is 11.5. The van der Waals surface area contributed by atoms with E-state index < -0.39 is 0 Å². The van der Waals surface area contributed by atoms with Crippen LogP contribution in [0.5, 0.6) is 0 Å². The topological polar surface area (TPSA) is 35.5 Å². The molecule has 0 saturated heterocycles. The molecule has 0 rings (SSSR count). The normalized spacial score (nSPS) is 14.2. The maximum absolute atomic E-state index is 12.0. The van der Waals surface area contributed by atoms with E-state index in [-0.39, 0.29) is 23.4 Å². The highest BCUT2D eigenvalue weighted by molar-refractivity contribution is 5.83. The number of methoxy groups -OCH3 is 1. The zero-order chi connectivity index (χ0) is 12.8. The highest BCUT2D eigenvalue weighted by Gasteiger charge is 2.25. The molecule has 0 aromatic heterocycles. The van der Waals surface area contributed by atoms with Gasteiger partial charge in [0.15, 0.2) is 5.78 Å². The molecule has 3 heteroatoms. The van der Waals surface area contributed by atoms with Gasteiger partial charge in [0, 0.05) is 20.1 Å². The summed E-state index contributed by atoms with van der Waals surface area (Å²) < 4.78 is 10.8. The minimum Gasteiger partial charge on any atom is -0.379 e. The first kappa shape index (κ1) is 15.6. The molecule has 0 fully saturated rings. The summed E-state index contributed by atoms with van der Waals surface area (Å²) in [6.45, 7) is 10.5. The molecule has 0 saturated carbocycles. The molecule has 0 bridgehead atoms. The van der Waals surface area contributed by atoms with Crippen LogP contribution in [-0.2, 0) is 14.3 Å². The fraction of sp³-hybridized carbons (Fsp3) is 0.923. The lowest BCUT2D eigenvalue weighted by Crippen LogP contribution is -2.32. The Hall–Kier alpha value is -0.410.